The van der Waals surface area contributed by atoms with E-state index < -0.39 is 23.4 Å². The van der Waals surface area contributed by atoms with E-state index in [4.69, 9.17) is 17.3 Å². The van der Waals surface area contributed by atoms with Crippen LogP contribution in [0.1, 0.15) is 55.2 Å². The molecule has 4 rings (SSSR count). The van der Waals surface area contributed by atoms with Crippen molar-refractivity contribution in [2.24, 2.45) is 5.73 Å². The van der Waals surface area contributed by atoms with Crippen molar-refractivity contribution < 1.29 is 14.3 Å². The Bertz CT molecular complexity index is 1410. The van der Waals surface area contributed by atoms with Gasteiger partial charge in [-0.2, -0.15) is 0 Å². The third-order valence-electron chi connectivity index (χ3n) is 5.54. The van der Waals surface area contributed by atoms with Crippen molar-refractivity contribution in [2.75, 3.05) is 5.32 Å². The molecule has 180 valence electrons. The summed E-state index contributed by atoms with van der Waals surface area (Å²) >= 11 is 6.52. The van der Waals surface area contributed by atoms with Gasteiger partial charge in [-0.3, -0.25) is 9.78 Å². The summed E-state index contributed by atoms with van der Waals surface area (Å²) in [5.74, 6) is -0.989. The van der Waals surface area contributed by atoms with Crippen LogP contribution >= 0.6 is 11.6 Å². The zero-order valence-electron chi connectivity index (χ0n) is 19.4. The number of hydrogen-bond acceptors (Lipinski definition) is 7. The lowest BCUT2D eigenvalue weighted by molar-refractivity contribution is 0.0687. The maximum Gasteiger partial charge on any atom is 0.267 e. The van der Waals surface area contributed by atoms with Gasteiger partial charge in [0.2, 0.25) is 0 Å². The second kappa shape index (κ2) is 9.52. The van der Waals surface area contributed by atoms with E-state index in [1.807, 2.05) is 25.1 Å². The first-order valence-corrected chi connectivity index (χ1v) is 11.3. The Kier molecular flexibility index (Phi) is 6.64. The van der Waals surface area contributed by atoms with Crippen LogP contribution in [0.5, 0.6) is 0 Å². The summed E-state index contributed by atoms with van der Waals surface area (Å²) in [6, 6.07) is 7.44. The van der Waals surface area contributed by atoms with Gasteiger partial charge in [-0.15, -0.1) is 0 Å². The molecule has 0 aliphatic heterocycles. The predicted molar refractivity (Wildman–Crippen MR) is 132 cm³/mol. The second-order valence-electron chi connectivity index (χ2n) is 8.60. The maximum absolute atomic E-state index is 14.7. The van der Waals surface area contributed by atoms with Gasteiger partial charge in [-0.05, 0) is 50.1 Å². The quantitative estimate of drug-likeness (QED) is 0.337. The maximum atomic E-state index is 14.7. The molecule has 0 aliphatic rings. The molecule has 4 aromatic rings. The predicted octanol–water partition coefficient (Wildman–Crippen LogP) is 4.77. The van der Waals surface area contributed by atoms with Crippen LogP contribution in [-0.2, 0) is 5.60 Å². The topological polar surface area (TPSA) is 127 Å². The molecule has 1 unspecified atom stereocenters. The smallest absolute Gasteiger partial charge is 0.267 e. The first kappa shape index (κ1) is 24.4. The number of pyridine rings is 2. The summed E-state index contributed by atoms with van der Waals surface area (Å²) in [7, 11) is 0. The molecule has 35 heavy (non-hydrogen) atoms. The number of nitrogens with zero attached hydrogens (tertiary/aromatic N) is 4. The Morgan fingerprint density at radius 1 is 1.14 bits per heavy atom. The summed E-state index contributed by atoms with van der Waals surface area (Å²) in [4.78, 5) is 28.7. The monoisotopic (exact) mass is 494 g/mol. The number of nitrogens with two attached hydrogens (primary N) is 1. The van der Waals surface area contributed by atoms with E-state index in [0.29, 0.717) is 33.9 Å². The fourth-order valence-electron chi connectivity index (χ4n) is 3.67. The molecule has 0 radical (unpaired) electrons. The van der Waals surface area contributed by atoms with Crippen molar-refractivity contribution in [3.8, 4) is 11.1 Å². The van der Waals surface area contributed by atoms with E-state index in [1.54, 1.807) is 26.2 Å². The zero-order chi connectivity index (χ0) is 25.3. The molecule has 1 aromatic carbocycles. The van der Waals surface area contributed by atoms with Crippen LogP contribution in [0.4, 0.5) is 10.1 Å². The Balaban J connectivity index is 1.77. The largest absolute Gasteiger partial charge is 0.382 e. The van der Waals surface area contributed by atoms with Crippen molar-refractivity contribution in [2.45, 2.75) is 38.8 Å². The van der Waals surface area contributed by atoms with Crippen molar-refractivity contribution in [1.82, 2.24) is 19.9 Å². The third-order valence-corrected chi connectivity index (χ3v) is 5.82. The fourth-order valence-corrected chi connectivity index (χ4v) is 3.87. The molecule has 0 spiro atoms. The highest BCUT2D eigenvalue weighted by molar-refractivity contribution is 6.34. The first-order chi connectivity index (χ1) is 16.6. The number of anilines is 1. The van der Waals surface area contributed by atoms with E-state index >= 15 is 0 Å². The van der Waals surface area contributed by atoms with E-state index in [9.17, 15) is 14.3 Å². The van der Waals surface area contributed by atoms with Gasteiger partial charge < -0.3 is 16.2 Å². The molecule has 0 bridgehead atoms. The molecule has 4 N–H and O–H groups in total. The highest BCUT2D eigenvalue weighted by Gasteiger charge is 2.21. The number of aliphatic hydroxyl groups is 1. The van der Waals surface area contributed by atoms with Gasteiger partial charge in [0.15, 0.2) is 5.82 Å². The Hall–Kier alpha value is -3.69. The molecule has 3 heterocycles. The Morgan fingerprint density at radius 2 is 1.86 bits per heavy atom. The van der Waals surface area contributed by atoms with E-state index in [1.165, 1.54) is 18.3 Å². The standard InChI is InChI=1S/C25H24ClFN6O2/c1-4-18(22-17(27)6-8-20(33-22)23(28)34)32-21-15-9-13(5-7-19(15)29-12-16(21)26)14-10-30-24(31-11-14)25(2,3)35/h5-12,18,35H,4H2,1-3H3,(H2,28,34)(H,29,32). The second-order valence-corrected chi connectivity index (χ2v) is 9.01. The van der Waals surface area contributed by atoms with Crippen LogP contribution in [0, 0.1) is 5.82 Å². The Morgan fingerprint density at radius 3 is 2.49 bits per heavy atom. The number of benzene rings is 1. The SMILES string of the molecule is CCC(Nc1c(Cl)cnc2ccc(-c3cnc(C(C)(C)O)nc3)cc12)c1nc(C(N)=O)ccc1F. The molecule has 0 saturated carbocycles. The summed E-state index contributed by atoms with van der Waals surface area (Å²) < 4.78 is 14.7. The van der Waals surface area contributed by atoms with E-state index in [-0.39, 0.29) is 11.4 Å². The number of amides is 1. The normalized spacial score (nSPS) is 12.5. The lowest BCUT2D eigenvalue weighted by Gasteiger charge is -2.21. The lowest BCUT2D eigenvalue weighted by Crippen LogP contribution is -2.19. The van der Waals surface area contributed by atoms with Gasteiger partial charge in [0, 0.05) is 29.5 Å². The van der Waals surface area contributed by atoms with Crippen molar-refractivity contribution in [3.63, 3.8) is 0 Å². The first-order valence-electron chi connectivity index (χ1n) is 10.9. The van der Waals surface area contributed by atoms with Crippen molar-refractivity contribution in [3.05, 3.63) is 77.0 Å². The summed E-state index contributed by atoms with van der Waals surface area (Å²) in [5, 5.41) is 14.4. The Labute approximate surface area is 206 Å². The van der Waals surface area contributed by atoms with Crippen LogP contribution < -0.4 is 11.1 Å². The molecule has 1 amide bonds. The number of aromatic nitrogens is 4. The molecule has 0 aliphatic carbocycles. The van der Waals surface area contributed by atoms with Crippen LogP contribution in [0.15, 0.2) is 48.9 Å². The molecule has 0 fully saturated rings. The molecule has 1 atom stereocenters. The van der Waals surface area contributed by atoms with Crippen LogP contribution in [-0.4, -0.2) is 30.9 Å². The summed E-state index contributed by atoms with van der Waals surface area (Å²) in [6.45, 7) is 5.09. The van der Waals surface area contributed by atoms with E-state index in [2.05, 4.69) is 25.3 Å². The number of primary amides is 1. The zero-order valence-corrected chi connectivity index (χ0v) is 20.1. The minimum Gasteiger partial charge on any atom is -0.382 e. The number of carbonyl (C=O) groups is 1. The van der Waals surface area contributed by atoms with Crippen molar-refractivity contribution >= 4 is 34.1 Å². The number of hydrogen-bond donors (Lipinski definition) is 3. The van der Waals surface area contributed by atoms with E-state index in [0.717, 1.165) is 11.1 Å². The van der Waals surface area contributed by atoms with Gasteiger partial charge in [0.1, 0.15) is 17.1 Å². The summed E-state index contributed by atoms with van der Waals surface area (Å²) in [5.41, 5.74) is 6.98. The number of halogens is 2. The average Bonchev–Trinajstić information content (AvgIpc) is 2.83. The lowest BCUT2D eigenvalue weighted by atomic mass is 10.0. The van der Waals surface area contributed by atoms with Crippen molar-refractivity contribution in [1.29, 1.82) is 0 Å². The van der Waals surface area contributed by atoms with Crippen LogP contribution in [0.25, 0.3) is 22.0 Å². The third kappa shape index (κ3) is 5.06. The number of fused-ring (bicyclic) bond motifs is 1. The van der Waals surface area contributed by atoms with Crippen LogP contribution in [0.3, 0.4) is 0 Å². The molecule has 8 nitrogen and oxygen atoms in total. The molecular weight excluding hydrogens is 471 g/mol. The highest BCUT2D eigenvalue weighted by Crippen LogP contribution is 2.36. The molecule has 0 saturated heterocycles. The highest BCUT2D eigenvalue weighted by atomic mass is 35.5. The van der Waals surface area contributed by atoms with Gasteiger partial charge >= 0.3 is 0 Å². The van der Waals surface area contributed by atoms with Gasteiger partial charge in [-0.25, -0.2) is 19.3 Å². The van der Waals surface area contributed by atoms with Gasteiger partial charge in [0.05, 0.1) is 28.0 Å². The molecular formula is C25H24ClFN6O2. The van der Waals surface area contributed by atoms with Crippen LogP contribution in [0.2, 0.25) is 5.02 Å². The molecule has 3 aromatic heterocycles. The summed E-state index contributed by atoms with van der Waals surface area (Å²) in [6.07, 6.45) is 5.24. The fraction of sp³-hybridized carbons (Fsp3) is 0.240. The van der Waals surface area contributed by atoms with Gasteiger partial charge in [0.25, 0.3) is 5.91 Å². The average molecular weight is 495 g/mol. The minimum absolute atomic E-state index is 0.0240. The van der Waals surface area contributed by atoms with Gasteiger partial charge in [-0.1, -0.05) is 24.6 Å². The number of nitrogens with one attached hydrogen (secondary N) is 1. The number of rotatable bonds is 7. The number of carbonyl (C=O) groups excluding carboxylic acids is 1. The minimum atomic E-state index is -1.15. The molecule has 10 heteroatoms.